The van der Waals surface area contributed by atoms with Gasteiger partial charge in [0.15, 0.2) is 5.78 Å². The molecule has 2 saturated heterocycles. The highest BCUT2D eigenvalue weighted by molar-refractivity contribution is 5.96. The SMILES string of the molecule is O=C(CCN1CCN2C[C@@H]1CCC2c1ccccc1)c1ccc(F)cc1. The maximum atomic E-state index is 13.0. The zero-order chi connectivity index (χ0) is 17.9. The number of hydrogen-bond acceptors (Lipinski definition) is 3. The largest absolute Gasteiger partial charge is 0.297 e. The summed E-state index contributed by atoms with van der Waals surface area (Å²) in [4.78, 5) is 17.4. The fraction of sp³-hybridized carbons (Fsp3) is 0.409. The van der Waals surface area contributed by atoms with Crippen LogP contribution in [0, 0.1) is 5.82 Å². The predicted molar refractivity (Wildman–Crippen MR) is 101 cm³/mol. The highest BCUT2D eigenvalue weighted by atomic mass is 19.1. The molecule has 2 fully saturated rings. The normalized spacial score (nSPS) is 25.8. The number of halogens is 1. The van der Waals surface area contributed by atoms with Gasteiger partial charge >= 0.3 is 0 Å². The summed E-state index contributed by atoms with van der Waals surface area (Å²) < 4.78 is 13.0. The number of carbonyl (C=O) groups is 1. The third-order valence-corrected chi connectivity index (χ3v) is 5.83. The number of hydrogen-bond donors (Lipinski definition) is 0. The summed E-state index contributed by atoms with van der Waals surface area (Å²) in [5, 5.41) is 0. The zero-order valence-corrected chi connectivity index (χ0v) is 15.0. The highest BCUT2D eigenvalue weighted by Gasteiger charge is 2.35. The summed E-state index contributed by atoms with van der Waals surface area (Å²) in [6, 6.07) is 17.8. The van der Waals surface area contributed by atoms with E-state index in [9.17, 15) is 9.18 Å². The van der Waals surface area contributed by atoms with E-state index in [1.807, 2.05) is 0 Å². The van der Waals surface area contributed by atoms with Crippen molar-refractivity contribution in [3.05, 3.63) is 71.5 Å². The lowest BCUT2D eigenvalue weighted by Crippen LogP contribution is -2.57. The van der Waals surface area contributed by atoms with Crippen molar-refractivity contribution >= 4 is 5.78 Å². The number of rotatable bonds is 5. The van der Waals surface area contributed by atoms with Gasteiger partial charge in [0, 0.05) is 50.2 Å². The first-order valence-corrected chi connectivity index (χ1v) is 9.52. The lowest BCUT2D eigenvalue weighted by atomic mass is 9.90. The minimum absolute atomic E-state index is 0.102. The van der Waals surface area contributed by atoms with E-state index in [2.05, 4.69) is 40.1 Å². The molecule has 2 aliphatic heterocycles. The van der Waals surface area contributed by atoms with E-state index in [-0.39, 0.29) is 11.6 Å². The molecule has 0 spiro atoms. The van der Waals surface area contributed by atoms with Crippen LogP contribution in [0.15, 0.2) is 54.6 Å². The number of piperazine rings is 1. The number of nitrogens with zero attached hydrogens (tertiary/aromatic N) is 2. The van der Waals surface area contributed by atoms with Crippen molar-refractivity contribution < 1.29 is 9.18 Å². The Morgan fingerprint density at radius 2 is 1.77 bits per heavy atom. The molecular weight excluding hydrogens is 327 g/mol. The molecule has 4 rings (SSSR count). The van der Waals surface area contributed by atoms with Crippen molar-refractivity contribution in [2.24, 2.45) is 0 Å². The minimum atomic E-state index is -0.298. The van der Waals surface area contributed by atoms with Crippen LogP contribution < -0.4 is 0 Å². The van der Waals surface area contributed by atoms with Gasteiger partial charge in [-0.3, -0.25) is 14.6 Å². The Morgan fingerprint density at radius 3 is 2.54 bits per heavy atom. The second-order valence-corrected chi connectivity index (χ2v) is 7.37. The molecule has 0 aliphatic carbocycles. The monoisotopic (exact) mass is 352 g/mol. The number of ketones is 1. The molecule has 4 heteroatoms. The number of benzene rings is 2. The Hall–Kier alpha value is -2.04. The Kier molecular flexibility index (Phi) is 5.14. The summed E-state index contributed by atoms with van der Waals surface area (Å²) in [5.74, 6) is -0.196. The van der Waals surface area contributed by atoms with Crippen LogP contribution in [0.2, 0.25) is 0 Å². The predicted octanol–water partition coefficient (Wildman–Crippen LogP) is 3.92. The summed E-state index contributed by atoms with van der Waals surface area (Å²) in [5.41, 5.74) is 2.03. The third-order valence-electron chi connectivity index (χ3n) is 5.83. The van der Waals surface area contributed by atoms with E-state index < -0.39 is 0 Å². The first-order valence-electron chi connectivity index (χ1n) is 9.52. The second-order valence-electron chi connectivity index (χ2n) is 7.37. The Balaban J connectivity index is 1.33. The van der Waals surface area contributed by atoms with Gasteiger partial charge in [-0.15, -0.1) is 0 Å². The number of fused-ring (bicyclic) bond motifs is 2. The van der Waals surface area contributed by atoms with Crippen molar-refractivity contribution in [3.63, 3.8) is 0 Å². The molecule has 2 bridgehead atoms. The molecule has 26 heavy (non-hydrogen) atoms. The van der Waals surface area contributed by atoms with E-state index >= 15 is 0 Å². The molecule has 2 unspecified atom stereocenters. The molecule has 0 aromatic heterocycles. The molecule has 0 amide bonds. The van der Waals surface area contributed by atoms with E-state index in [4.69, 9.17) is 0 Å². The van der Waals surface area contributed by atoms with Gasteiger partial charge in [0.2, 0.25) is 0 Å². The van der Waals surface area contributed by atoms with Crippen molar-refractivity contribution in [2.45, 2.75) is 31.3 Å². The molecule has 0 N–H and O–H groups in total. The molecule has 3 atom stereocenters. The summed E-state index contributed by atoms with van der Waals surface area (Å²) in [6.07, 6.45) is 2.86. The van der Waals surface area contributed by atoms with Crippen LogP contribution >= 0.6 is 0 Å². The summed E-state index contributed by atoms with van der Waals surface area (Å²) in [6.45, 7) is 3.96. The lowest BCUT2D eigenvalue weighted by molar-refractivity contribution is 0.00463. The first kappa shape index (κ1) is 17.4. The fourth-order valence-corrected chi connectivity index (χ4v) is 4.38. The van der Waals surface area contributed by atoms with E-state index in [1.54, 1.807) is 12.1 Å². The summed E-state index contributed by atoms with van der Waals surface area (Å²) >= 11 is 0. The molecule has 2 heterocycles. The zero-order valence-electron chi connectivity index (χ0n) is 15.0. The van der Waals surface area contributed by atoms with Gasteiger partial charge in [-0.25, -0.2) is 4.39 Å². The molecule has 3 nitrogen and oxygen atoms in total. The van der Waals surface area contributed by atoms with Crippen molar-refractivity contribution in [3.8, 4) is 0 Å². The van der Waals surface area contributed by atoms with Crippen LogP contribution in [-0.2, 0) is 0 Å². The first-order chi connectivity index (χ1) is 12.7. The fourth-order valence-electron chi connectivity index (χ4n) is 4.38. The number of Topliss-reactive ketones (excluding diaryl/α,β-unsaturated/α-hetero) is 1. The van der Waals surface area contributed by atoms with Gasteiger partial charge in [-0.05, 0) is 42.7 Å². The van der Waals surface area contributed by atoms with Crippen LogP contribution in [-0.4, -0.2) is 47.8 Å². The molecule has 2 aliphatic rings. The molecule has 0 saturated carbocycles. The van der Waals surface area contributed by atoms with E-state index in [1.165, 1.54) is 30.5 Å². The third kappa shape index (κ3) is 3.71. The highest BCUT2D eigenvalue weighted by Crippen LogP contribution is 2.34. The van der Waals surface area contributed by atoms with Crippen LogP contribution in [0.4, 0.5) is 4.39 Å². The van der Waals surface area contributed by atoms with Gasteiger partial charge in [0.25, 0.3) is 0 Å². The van der Waals surface area contributed by atoms with E-state index in [0.29, 0.717) is 24.1 Å². The Bertz CT molecular complexity index is 746. The van der Waals surface area contributed by atoms with Crippen LogP contribution in [0.25, 0.3) is 0 Å². The van der Waals surface area contributed by atoms with Gasteiger partial charge in [-0.2, -0.15) is 0 Å². The molecule has 2 aromatic carbocycles. The van der Waals surface area contributed by atoms with Crippen LogP contribution in [0.5, 0.6) is 0 Å². The quantitative estimate of drug-likeness (QED) is 0.762. The van der Waals surface area contributed by atoms with E-state index in [0.717, 1.165) is 26.2 Å². The van der Waals surface area contributed by atoms with Crippen LogP contribution in [0.3, 0.4) is 0 Å². The van der Waals surface area contributed by atoms with Gasteiger partial charge in [0.1, 0.15) is 5.82 Å². The van der Waals surface area contributed by atoms with Crippen molar-refractivity contribution in [2.75, 3.05) is 26.2 Å². The molecule has 2 aromatic rings. The maximum absolute atomic E-state index is 13.0. The van der Waals surface area contributed by atoms with Gasteiger partial charge in [-0.1, -0.05) is 30.3 Å². The second kappa shape index (κ2) is 7.68. The van der Waals surface area contributed by atoms with Crippen LogP contribution in [0.1, 0.15) is 41.2 Å². The van der Waals surface area contributed by atoms with Crippen molar-refractivity contribution in [1.82, 2.24) is 9.80 Å². The molecular formula is C22H25FN2O. The Labute approximate surface area is 154 Å². The maximum Gasteiger partial charge on any atom is 0.164 e. The number of piperidine rings is 1. The average Bonchev–Trinajstić information content (AvgIpc) is 2.69. The van der Waals surface area contributed by atoms with Gasteiger partial charge in [0.05, 0.1) is 0 Å². The van der Waals surface area contributed by atoms with Gasteiger partial charge < -0.3 is 0 Å². The minimum Gasteiger partial charge on any atom is -0.297 e. The average molecular weight is 352 g/mol. The topological polar surface area (TPSA) is 23.6 Å². The Morgan fingerprint density at radius 1 is 1.00 bits per heavy atom. The molecule has 0 radical (unpaired) electrons. The van der Waals surface area contributed by atoms with Crippen molar-refractivity contribution in [1.29, 1.82) is 0 Å². The lowest BCUT2D eigenvalue weighted by Gasteiger charge is -2.49. The smallest absolute Gasteiger partial charge is 0.164 e. The standard InChI is InChI=1S/C22H25FN2O/c23-19-8-6-18(7-9-19)22(26)12-13-24-14-15-25-16-20(24)10-11-21(25)17-4-2-1-3-5-17/h1-9,20-21H,10-16H2/t20-,21?/m0/s1. The number of carbonyl (C=O) groups excluding carboxylic acids is 1. The summed E-state index contributed by atoms with van der Waals surface area (Å²) in [7, 11) is 0. The molecule has 136 valence electrons.